The monoisotopic (exact) mass is 311 g/mol. The highest BCUT2D eigenvalue weighted by atomic mass is 79.9. The maximum atomic E-state index is 11.9. The number of rotatable bonds is 2. The number of nitrogens with zero attached hydrogens (tertiary/aromatic N) is 3. The Morgan fingerprint density at radius 1 is 1.41 bits per heavy atom. The van der Waals surface area contributed by atoms with Crippen LogP contribution in [0.1, 0.15) is 6.42 Å². The van der Waals surface area contributed by atoms with Crippen LogP contribution in [0.5, 0.6) is 0 Å². The minimum Gasteiger partial charge on any atom is -0.312 e. The number of carbonyl (C=O) groups is 1. The smallest absolute Gasteiger partial charge is 0.227 e. The Labute approximate surface area is 111 Å². The fourth-order valence-electron chi connectivity index (χ4n) is 2.07. The molecule has 1 saturated heterocycles. The fourth-order valence-corrected chi connectivity index (χ4v) is 3.02. The zero-order chi connectivity index (χ0) is 11.8. The van der Waals surface area contributed by atoms with Gasteiger partial charge in [0.05, 0.1) is 11.7 Å². The maximum Gasteiger partial charge on any atom is 0.227 e. The quantitative estimate of drug-likeness (QED) is 0.800. The number of halogens is 1. The van der Waals surface area contributed by atoms with E-state index in [1.807, 2.05) is 23.1 Å². The lowest BCUT2D eigenvalue weighted by atomic mass is 10.2. The first-order valence-corrected chi connectivity index (χ1v) is 7.22. The van der Waals surface area contributed by atoms with Gasteiger partial charge in [-0.3, -0.25) is 4.79 Å². The first-order valence-electron chi connectivity index (χ1n) is 5.36. The first-order chi connectivity index (χ1) is 8.28. The second kappa shape index (κ2) is 4.34. The lowest BCUT2D eigenvalue weighted by Gasteiger charge is -2.16. The Morgan fingerprint density at radius 2 is 2.24 bits per heavy atom. The van der Waals surface area contributed by atoms with Gasteiger partial charge in [0.2, 0.25) is 5.91 Å². The molecule has 0 saturated carbocycles. The lowest BCUT2D eigenvalue weighted by Crippen LogP contribution is -2.24. The van der Waals surface area contributed by atoms with Crippen LogP contribution in [0.3, 0.4) is 0 Å². The summed E-state index contributed by atoms with van der Waals surface area (Å²) < 4.78 is 8.35. The average Bonchev–Trinajstić information content (AvgIpc) is 2.93. The van der Waals surface area contributed by atoms with Gasteiger partial charge in [-0.2, -0.15) is 8.75 Å². The normalized spacial score (nSPS) is 20.4. The summed E-state index contributed by atoms with van der Waals surface area (Å²) in [5.74, 6) is 0.601. The van der Waals surface area contributed by atoms with Crippen LogP contribution in [0.4, 0.5) is 5.69 Å². The number of hydrogen-bond acceptors (Lipinski definition) is 4. The van der Waals surface area contributed by atoms with E-state index < -0.39 is 0 Å². The Kier molecular flexibility index (Phi) is 2.84. The van der Waals surface area contributed by atoms with Gasteiger partial charge in [0, 0.05) is 24.0 Å². The van der Waals surface area contributed by atoms with Crippen molar-refractivity contribution in [3.05, 3.63) is 18.2 Å². The van der Waals surface area contributed by atoms with Gasteiger partial charge in [0.15, 0.2) is 0 Å². The van der Waals surface area contributed by atoms with Crippen molar-refractivity contribution in [1.29, 1.82) is 0 Å². The zero-order valence-electron chi connectivity index (χ0n) is 8.97. The molecule has 17 heavy (non-hydrogen) atoms. The SMILES string of the molecule is O=C1CC(CBr)CN1c1ccc2nsnc2c1. The van der Waals surface area contributed by atoms with Gasteiger partial charge in [0.1, 0.15) is 11.0 Å². The van der Waals surface area contributed by atoms with Gasteiger partial charge in [-0.1, -0.05) is 15.9 Å². The number of hydrogen-bond donors (Lipinski definition) is 0. The number of aromatic nitrogens is 2. The summed E-state index contributed by atoms with van der Waals surface area (Å²) in [5, 5.41) is 0.871. The van der Waals surface area contributed by atoms with Crippen molar-refractivity contribution in [3.8, 4) is 0 Å². The van der Waals surface area contributed by atoms with Gasteiger partial charge in [-0.25, -0.2) is 0 Å². The van der Waals surface area contributed by atoms with E-state index in [2.05, 4.69) is 24.7 Å². The number of fused-ring (bicyclic) bond motifs is 1. The summed E-state index contributed by atoms with van der Waals surface area (Å²) in [6.45, 7) is 0.785. The van der Waals surface area contributed by atoms with Gasteiger partial charge in [-0.05, 0) is 24.1 Å². The van der Waals surface area contributed by atoms with E-state index in [1.54, 1.807) is 0 Å². The molecule has 3 rings (SSSR count). The van der Waals surface area contributed by atoms with Gasteiger partial charge in [-0.15, -0.1) is 0 Å². The molecule has 1 amide bonds. The van der Waals surface area contributed by atoms with Gasteiger partial charge >= 0.3 is 0 Å². The van der Waals surface area contributed by atoms with Crippen molar-refractivity contribution >= 4 is 50.3 Å². The van der Waals surface area contributed by atoms with E-state index in [4.69, 9.17) is 0 Å². The van der Waals surface area contributed by atoms with Crippen LogP contribution < -0.4 is 4.90 Å². The van der Waals surface area contributed by atoms with Gasteiger partial charge in [0.25, 0.3) is 0 Å². The van der Waals surface area contributed by atoms with Crippen LogP contribution in [-0.4, -0.2) is 26.5 Å². The van der Waals surface area contributed by atoms with E-state index in [0.29, 0.717) is 12.3 Å². The third-order valence-electron chi connectivity index (χ3n) is 2.97. The summed E-state index contributed by atoms with van der Waals surface area (Å²) in [4.78, 5) is 13.7. The molecule has 0 N–H and O–H groups in total. The van der Waals surface area contributed by atoms with E-state index in [0.717, 1.165) is 28.6 Å². The number of amides is 1. The summed E-state index contributed by atoms with van der Waals surface area (Å²) in [5.41, 5.74) is 2.68. The number of alkyl halides is 1. The standard InChI is InChI=1S/C11H10BrN3OS/c12-5-7-3-11(16)15(6-7)8-1-2-9-10(4-8)14-17-13-9/h1-2,4,7H,3,5-6H2. The maximum absolute atomic E-state index is 11.9. The van der Waals surface area contributed by atoms with Crippen molar-refractivity contribution in [1.82, 2.24) is 8.75 Å². The molecule has 88 valence electrons. The Hall–Kier alpha value is -1.01. The van der Waals surface area contributed by atoms with E-state index in [-0.39, 0.29) is 5.91 Å². The number of benzene rings is 1. The second-order valence-electron chi connectivity index (χ2n) is 4.17. The topological polar surface area (TPSA) is 46.1 Å². The van der Waals surface area contributed by atoms with Crippen LogP contribution in [-0.2, 0) is 4.79 Å². The lowest BCUT2D eigenvalue weighted by molar-refractivity contribution is -0.117. The number of anilines is 1. The molecule has 0 aliphatic carbocycles. The van der Waals surface area contributed by atoms with Crippen molar-refractivity contribution in [3.63, 3.8) is 0 Å². The Bertz CT molecular complexity index is 571. The third kappa shape index (κ3) is 1.95. The minimum atomic E-state index is 0.192. The van der Waals surface area contributed by atoms with Crippen molar-refractivity contribution < 1.29 is 4.79 Å². The molecule has 1 fully saturated rings. The largest absolute Gasteiger partial charge is 0.312 e. The first kappa shape index (κ1) is 11.1. The molecular formula is C11H10BrN3OS. The molecule has 0 spiro atoms. The molecule has 4 nitrogen and oxygen atoms in total. The highest BCUT2D eigenvalue weighted by Gasteiger charge is 2.29. The molecule has 6 heteroatoms. The van der Waals surface area contributed by atoms with Crippen molar-refractivity contribution in [2.75, 3.05) is 16.8 Å². The van der Waals surface area contributed by atoms with Crippen molar-refractivity contribution in [2.24, 2.45) is 5.92 Å². The van der Waals surface area contributed by atoms with E-state index in [1.165, 1.54) is 11.7 Å². The van der Waals surface area contributed by atoms with Crippen LogP contribution in [0.25, 0.3) is 11.0 Å². The molecular weight excluding hydrogens is 302 g/mol. The molecule has 0 bridgehead atoms. The molecule has 1 aliphatic rings. The fraction of sp³-hybridized carbons (Fsp3) is 0.364. The number of carbonyl (C=O) groups excluding carboxylic acids is 1. The highest BCUT2D eigenvalue weighted by molar-refractivity contribution is 9.09. The molecule has 2 heterocycles. The third-order valence-corrected chi connectivity index (χ3v) is 4.44. The van der Waals surface area contributed by atoms with Crippen LogP contribution in [0.15, 0.2) is 18.2 Å². The minimum absolute atomic E-state index is 0.192. The summed E-state index contributed by atoms with van der Waals surface area (Å²) in [6, 6.07) is 5.80. The summed E-state index contributed by atoms with van der Waals surface area (Å²) in [7, 11) is 0. The Morgan fingerprint density at radius 3 is 3.00 bits per heavy atom. The average molecular weight is 312 g/mol. The Balaban J connectivity index is 1.95. The predicted octanol–water partition coefficient (Wildman–Crippen LogP) is 2.44. The molecule has 1 aromatic carbocycles. The summed E-state index contributed by atoms with van der Waals surface area (Å²) >= 11 is 4.64. The van der Waals surface area contributed by atoms with Crippen LogP contribution in [0.2, 0.25) is 0 Å². The van der Waals surface area contributed by atoms with E-state index >= 15 is 0 Å². The van der Waals surface area contributed by atoms with Crippen LogP contribution in [0, 0.1) is 5.92 Å². The molecule has 0 radical (unpaired) electrons. The predicted molar refractivity (Wildman–Crippen MR) is 71.7 cm³/mol. The van der Waals surface area contributed by atoms with Gasteiger partial charge < -0.3 is 4.90 Å². The highest BCUT2D eigenvalue weighted by Crippen LogP contribution is 2.28. The molecule has 2 aromatic rings. The van der Waals surface area contributed by atoms with Crippen LogP contribution >= 0.6 is 27.7 Å². The zero-order valence-corrected chi connectivity index (χ0v) is 11.4. The van der Waals surface area contributed by atoms with Crippen molar-refractivity contribution in [2.45, 2.75) is 6.42 Å². The second-order valence-corrected chi connectivity index (χ2v) is 5.34. The van der Waals surface area contributed by atoms with E-state index in [9.17, 15) is 4.79 Å². The molecule has 1 unspecified atom stereocenters. The molecule has 1 atom stereocenters. The molecule has 1 aliphatic heterocycles. The molecule has 1 aromatic heterocycles. The summed E-state index contributed by atoms with van der Waals surface area (Å²) in [6.07, 6.45) is 0.624.